The second-order valence-corrected chi connectivity index (χ2v) is 2.22. The number of hydrogen-bond donors (Lipinski definition) is 2. The van der Waals surface area contributed by atoms with Crippen molar-refractivity contribution in [3.63, 3.8) is 0 Å². The molecule has 0 atom stereocenters. The summed E-state index contributed by atoms with van der Waals surface area (Å²) in [6, 6.07) is 0. The fraction of sp³-hybridized carbons (Fsp3) is 0. The van der Waals surface area contributed by atoms with E-state index in [1.165, 1.54) is 6.20 Å². The quantitative estimate of drug-likeness (QED) is 0.297. The van der Waals surface area contributed by atoms with Crippen molar-refractivity contribution in [2.75, 3.05) is 0 Å². The number of thiocarbonyl (C=S) groups is 1. The van der Waals surface area contributed by atoms with Gasteiger partial charge in [0.25, 0.3) is 0 Å². The summed E-state index contributed by atoms with van der Waals surface area (Å²) in [6.07, 6.45) is 6.43. The van der Waals surface area contributed by atoms with Crippen molar-refractivity contribution in [1.82, 2.24) is 5.32 Å². The standard InChI is InChI=1S/C8H11N3S/c1-3-5-6-7(10-4-2)11-8(9)12/h3-6H,1-2H2,(H3,9,10,11,12)/b6-5-. The maximum absolute atomic E-state index is 5.24. The molecule has 0 saturated carbocycles. The first kappa shape index (κ1) is 10.6. The Bertz CT molecular complexity index is 241. The Balaban J connectivity index is 4.33. The van der Waals surface area contributed by atoms with E-state index in [9.17, 15) is 0 Å². The molecule has 0 rings (SSSR count). The van der Waals surface area contributed by atoms with E-state index in [1.807, 2.05) is 0 Å². The Morgan fingerprint density at radius 2 is 2.17 bits per heavy atom. The molecule has 0 aromatic heterocycles. The lowest BCUT2D eigenvalue weighted by Crippen LogP contribution is -2.33. The van der Waals surface area contributed by atoms with Crippen LogP contribution in [0.5, 0.6) is 0 Å². The molecule has 0 aromatic carbocycles. The van der Waals surface area contributed by atoms with Crippen LogP contribution in [0.2, 0.25) is 0 Å². The summed E-state index contributed by atoms with van der Waals surface area (Å²) >= 11 is 4.63. The van der Waals surface area contributed by atoms with Gasteiger partial charge in [0, 0.05) is 6.20 Å². The number of amidine groups is 1. The zero-order valence-corrected chi connectivity index (χ0v) is 7.47. The van der Waals surface area contributed by atoms with E-state index in [1.54, 1.807) is 18.2 Å². The van der Waals surface area contributed by atoms with Crippen molar-refractivity contribution in [2.45, 2.75) is 0 Å². The topological polar surface area (TPSA) is 50.4 Å². The van der Waals surface area contributed by atoms with E-state index in [2.05, 4.69) is 35.7 Å². The average molecular weight is 181 g/mol. The SMILES string of the molecule is C=C/C=C\C(=N/C=C)NC(N)=S. The van der Waals surface area contributed by atoms with Crippen LogP contribution in [0, 0.1) is 0 Å². The summed E-state index contributed by atoms with van der Waals surface area (Å²) in [5.41, 5.74) is 5.24. The van der Waals surface area contributed by atoms with Gasteiger partial charge in [0.1, 0.15) is 5.84 Å². The third-order valence-corrected chi connectivity index (χ3v) is 0.974. The lowest BCUT2D eigenvalue weighted by atomic mass is 10.4. The van der Waals surface area contributed by atoms with Crippen LogP contribution in [0.3, 0.4) is 0 Å². The van der Waals surface area contributed by atoms with Crippen LogP contribution in [0.4, 0.5) is 0 Å². The predicted octanol–water partition coefficient (Wildman–Crippen LogP) is 1.10. The monoisotopic (exact) mass is 181 g/mol. The zero-order chi connectivity index (χ0) is 9.40. The van der Waals surface area contributed by atoms with Crippen LogP contribution in [-0.2, 0) is 0 Å². The van der Waals surface area contributed by atoms with E-state index in [-0.39, 0.29) is 5.11 Å². The Morgan fingerprint density at radius 3 is 2.58 bits per heavy atom. The molecule has 0 heterocycles. The summed E-state index contributed by atoms with van der Waals surface area (Å²) < 4.78 is 0. The third-order valence-electron chi connectivity index (χ3n) is 0.872. The van der Waals surface area contributed by atoms with Crippen molar-refractivity contribution in [1.29, 1.82) is 0 Å². The second-order valence-electron chi connectivity index (χ2n) is 1.78. The molecule has 64 valence electrons. The normalized spacial score (nSPS) is 11.2. The molecular formula is C8H11N3S. The molecule has 0 aliphatic rings. The van der Waals surface area contributed by atoms with Crippen molar-refractivity contribution in [3.8, 4) is 0 Å². The highest BCUT2D eigenvalue weighted by molar-refractivity contribution is 7.80. The van der Waals surface area contributed by atoms with Gasteiger partial charge in [0.05, 0.1) is 0 Å². The predicted molar refractivity (Wildman–Crippen MR) is 56.9 cm³/mol. The van der Waals surface area contributed by atoms with E-state index < -0.39 is 0 Å². The Kier molecular flexibility index (Phi) is 5.55. The minimum absolute atomic E-state index is 0.171. The van der Waals surface area contributed by atoms with Crippen LogP contribution >= 0.6 is 12.2 Å². The Morgan fingerprint density at radius 1 is 1.50 bits per heavy atom. The fourth-order valence-corrected chi connectivity index (χ4v) is 0.605. The number of rotatable bonds is 3. The van der Waals surface area contributed by atoms with E-state index in [4.69, 9.17) is 5.73 Å². The molecule has 12 heavy (non-hydrogen) atoms. The smallest absolute Gasteiger partial charge is 0.169 e. The maximum Gasteiger partial charge on any atom is 0.169 e. The number of nitrogens with one attached hydrogen (secondary N) is 1. The molecule has 0 radical (unpaired) electrons. The lowest BCUT2D eigenvalue weighted by Gasteiger charge is -2.00. The first-order valence-electron chi connectivity index (χ1n) is 3.25. The van der Waals surface area contributed by atoms with Gasteiger partial charge in [-0.05, 0) is 18.3 Å². The highest BCUT2D eigenvalue weighted by atomic mass is 32.1. The summed E-state index contributed by atoms with van der Waals surface area (Å²) in [7, 11) is 0. The third kappa shape index (κ3) is 5.37. The van der Waals surface area contributed by atoms with Crippen LogP contribution in [0.15, 0.2) is 42.6 Å². The van der Waals surface area contributed by atoms with Crippen molar-refractivity contribution < 1.29 is 0 Å². The van der Waals surface area contributed by atoms with Crippen LogP contribution < -0.4 is 11.1 Å². The van der Waals surface area contributed by atoms with Crippen LogP contribution in [0.25, 0.3) is 0 Å². The van der Waals surface area contributed by atoms with Gasteiger partial charge in [-0.2, -0.15) is 0 Å². The van der Waals surface area contributed by atoms with E-state index >= 15 is 0 Å². The number of nitrogens with two attached hydrogens (primary N) is 1. The molecule has 0 amide bonds. The molecule has 0 bridgehead atoms. The number of aliphatic imine (C=N–C) groups is 1. The summed E-state index contributed by atoms with van der Waals surface area (Å²) in [4.78, 5) is 3.87. The molecule has 4 heteroatoms. The molecule has 3 N–H and O–H groups in total. The summed E-state index contributed by atoms with van der Waals surface area (Å²) in [5, 5.41) is 2.84. The summed E-state index contributed by atoms with van der Waals surface area (Å²) in [5.74, 6) is 0.539. The number of allylic oxidation sites excluding steroid dienone is 2. The number of nitrogens with zero attached hydrogens (tertiary/aromatic N) is 1. The van der Waals surface area contributed by atoms with Gasteiger partial charge in [-0.3, -0.25) is 0 Å². The molecular weight excluding hydrogens is 170 g/mol. The fourth-order valence-electron chi connectivity index (χ4n) is 0.501. The van der Waals surface area contributed by atoms with Gasteiger partial charge in [0.2, 0.25) is 0 Å². The molecule has 0 aliphatic heterocycles. The zero-order valence-electron chi connectivity index (χ0n) is 6.66. The summed E-state index contributed by atoms with van der Waals surface area (Å²) in [6.45, 7) is 6.96. The first-order valence-corrected chi connectivity index (χ1v) is 3.65. The Hall–Kier alpha value is -1.42. The largest absolute Gasteiger partial charge is 0.376 e. The molecule has 0 spiro atoms. The van der Waals surface area contributed by atoms with Crippen LogP contribution in [-0.4, -0.2) is 10.9 Å². The van der Waals surface area contributed by atoms with Crippen molar-refractivity contribution >= 4 is 23.2 Å². The molecule has 3 nitrogen and oxygen atoms in total. The van der Waals surface area contributed by atoms with Crippen molar-refractivity contribution in [3.05, 3.63) is 37.6 Å². The molecule has 0 aliphatic carbocycles. The highest BCUT2D eigenvalue weighted by Crippen LogP contribution is 1.80. The van der Waals surface area contributed by atoms with Gasteiger partial charge in [-0.25, -0.2) is 4.99 Å². The lowest BCUT2D eigenvalue weighted by molar-refractivity contribution is 1.34. The van der Waals surface area contributed by atoms with E-state index in [0.717, 1.165) is 0 Å². The minimum Gasteiger partial charge on any atom is -0.376 e. The molecule has 0 unspecified atom stereocenters. The van der Waals surface area contributed by atoms with E-state index in [0.29, 0.717) is 5.84 Å². The van der Waals surface area contributed by atoms with Gasteiger partial charge >= 0.3 is 0 Å². The molecule has 0 aromatic rings. The first-order chi connectivity index (χ1) is 5.70. The minimum atomic E-state index is 0.171. The average Bonchev–Trinajstić information content (AvgIpc) is 2.00. The maximum atomic E-state index is 5.24. The van der Waals surface area contributed by atoms with Crippen molar-refractivity contribution in [2.24, 2.45) is 10.7 Å². The van der Waals surface area contributed by atoms with Gasteiger partial charge in [-0.1, -0.05) is 25.3 Å². The van der Waals surface area contributed by atoms with Gasteiger partial charge in [0.15, 0.2) is 5.11 Å². The Labute approximate surface area is 77.4 Å². The molecule has 0 saturated heterocycles. The number of hydrogen-bond acceptors (Lipinski definition) is 2. The highest BCUT2D eigenvalue weighted by Gasteiger charge is 1.91. The second kappa shape index (κ2) is 6.30. The van der Waals surface area contributed by atoms with Gasteiger partial charge < -0.3 is 11.1 Å². The molecule has 0 fully saturated rings. The van der Waals surface area contributed by atoms with Gasteiger partial charge in [-0.15, -0.1) is 0 Å². The van der Waals surface area contributed by atoms with Crippen LogP contribution in [0.1, 0.15) is 0 Å².